The van der Waals surface area contributed by atoms with Gasteiger partial charge in [0.15, 0.2) is 0 Å². The molecule has 2 aromatic rings. The van der Waals surface area contributed by atoms with Crippen molar-refractivity contribution in [3.05, 3.63) is 47.5 Å². The average Bonchev–Trinajstić information content (AvgIpc) is 2.71. The number of carbonyl (C=O) groups excluding carboxylic acids is 1. The summed E-state index contributed by atoms with van der Waals surface area (Å²) in [5.74, 6) is 0.541. The van der Waals surface area contributed by atoms with Crippen LogP contribution in [-0.4, -0.2) is 27.5 Å². The molecule has 0 aromatic heterocycles. The van der Waals surface area contributed by atoms with Crippen molar-refractivity contribution in [3.8, 4) is 5.75 Å². The smallest absolute Gasteiger partial charge is 0.262 e. The number of carbonyl (C=O) groups is 1. The third kappa shape index (κ3) is 4.24. The average molecular weight is 417 g/mol. The summed E-state index contributed by atoms with van der Waals surface area (Å²) in [6.45, 7) is 10.2. The topological polar surface area (TPSA) is 75.7 Å². The van der Waals surface area contributed by atoms with Gasteiger partial charge in [0.1, 0.15) is 12.4 Å². The lowest BCUT2D eigenvalue weighted by Gasteiger charge is -2.28. The Morgan fingerprint density at radius 1 is 1.14 bits per heavy atom. The predicted molar refractivity (Wildman–Crippen MR) is 115 cm³/mol. The Bertz CT molecular complexity index is 1040. The number of hydrogen-bond acceptors (Lipinski definition) is 4. The lowest BCUT2D eigenvalue weighted by Crippen LogP contribution is -2.42. The molecule has 0 bridgehead atoms. The van der Waals surface area contributed by atoms with Gasteiger partial charge < -0.3 is 9.64 Å². The first kappa shape index (κ1) is 21.2. The van der Waals surface area contributed by atoms with Gasteiger partial charge in [-0.3, -0.25) is 9.52 Å². The van der Waals surface area contributed by atoms with Crippen LogP contribution in [-0.2, 0) is 14.8 Å². The number of sulfonamides is 1. The minimum Gasteiger partial charge on any atom is -0.490 e. The van der Waals surface area contributed by atoms with Crippen molar-refractivity contribution < 1.29 is 17.9 Å². The molecular formula is C22H28N2O4S. The van der Waals surface area contributed by atoms with Gasteiger partial charge in [0.2, 0.25) is 5.91 Å². The van der Waals surface area contributed by atoms with Crippen molar-refractivity contribution in [2.75, 3.05) is 22.8 Å². The Hall–Kier alpha value is -2.54. The van der Waals surface area contributed by atoms with Gasteiger partial charge in [-0.1, -0.05) is 24.6 Å². The van der Waals surface area contributed by atoms with Crippen molar-refractivity contribution in [3.63, 3.8) is 0 Å². The highest BCUT2D eigenvalue weighted by Crippen LogP contribution is 2.38. The number of amides is 1. The molecule has 6 nitrogen and oxygen atoms in total. The quantitative estimate of drug-likeness (QED) is 0.790. The van der Waals surface area contributed by atoms with E-state index in [1.807, 2.05) is 33.8 Å². The Balaban J connectivity index is 2.00. The van der Waals surface area contributed by atoms with Crippen LogP contribution in [0.1, 0.15) is 38.3 Å². The summed E-state index contributed by atoms with van der Waals surface area (Å²) in [6, 6.07) is 10.3. The van der Waals surface area contributed by atoms with Crippen molar-refractivity contribution in [1.82, 2.24) is 0 Å². The molecule has 1 aliphatic rings. The minimum atomic E-state index is -3.76. The SMILES string of the molecule is CCCN1C(=O)C(C)(C)COc2ccc(NS(=O)(=O)c3ccc(C)cc3C)cc21. The van der Waals surface area contributed by atoms with Crippen LogP contribution in [0.5, 0.6) is 5.75 Å². The molecule has 29 heavy (non-hydrogen) atoms. The fourth-order valence-electron chi connectivity index (χ4n) is 3.47. The zero-order valence-electron chi connectivity index (χ0n) is 17.6. The fourth-order valence-corrected chi connectivity index (χ4v) is 4.74. The number of benzene rings is 2. The van der Waals surface area contributed by atoms with Crippen LogP contribution >= 0.6 is 0 Å². The highest BCUT2D eigenvalue weighted by atomic mass is 32.2. The number of fused-ring (bicyclic) bond motifs is 1. The van der Waals surface area contributed by atoms with Crippen LogP contribution in [0.3, 0.4) is 0 Å². The molecule has 156 valence electrons. The predicted octanol–water partition coefficient (Wildman–Crippen LogP) is 4.27. The molecule has 0 radical (unpaired) electrons. The molecule has 0 saturated carbocycles. The van der Waals surface area contributed by atoms with Gasteiger partial charge in [0, 0.05) is 6.54 Å². The van der Waals surface area contributed by atoms with E-state index >= 15 is 0 Å². The number of anilines is 2. The number of nitrogens with one attached hydrogen (secondary N) is 1. The largest absolute Gasteiger partial charge is 0.490 e. The fraction of sp³-hybridized carbons (Fsp3) is 0.409. The molecule has 1 heterocycles. The maximum absolute atomic E-state index is 13.0. The zero-order valence-corrected chi connectivity index (χ0v) is 18.4. The van der Waals surface area contributed by atoms with E-state index in [9.17, 15) is 13.2 Å². The van der Waals surface area contributed by atoms with Crippen LogP contribution in [0.4, 0.5) is 11.4 Å². The van der Waals surface area contributed by atoms with Crippen LogP contribution < -0.4 is 14.4 Å². The standard InChI is InChI=1S/C22H28N2O4S/c1-6-11-24-18-13-17(8-9-19(18)28-14-22(4,5)21(24)25)23-29(26,27)20-10-7-15(2)12-16(20)3/h7-10,12-13,23H,6,11,14H2,1-5H3. The van der Waals surface area contributed by atoms with Crippen LogP contribution in [0.25, 0.3) is 0 Å². The van der Waals surface area contributed by atoms with Crippen LogP contribution in [0.15, 0.2) is 41.3 Å². The normalized spacial score (nSPS) is 16.0. The molecule has 1 aliphatic heterocycles. The lowest BCUT2D eigenvalue weighted by atomic mass is 9.93. The monoisotopic (exact) mass is 416 g/mol. The first-order chi connectivity index (χ1) is 13.5. The number of ether oxygens (including phenoxy) is 1. The summed E-state index contributed by atoms with van der Waals surface area (Å²) in [5.41, 5.74) is 2.00. The van der Waals surface area contributed by atoms with Gasteiger partial charge in [-0.25, -0.2) is 8.42 Å². The summed E-state index contributed by atoms with van der Waals surface area (Å²) in [4.78, 5) is 14.9. The van der Waals surface area contributed by atoms with Gasteiger partial charge in [0.25, 0.3) is 10.0 Å². The summed E-state index contributed by atoms with van der Waals surface area (Å²) in [7, 11) is -3.76. The zero-order chi connectivity index (χ0) is 21.4. The summed E-state index contributed by atoms with van der Waals surface area (Å²) >= 11 is 0. The van der Waals surface area contributed by atoms with E-state index in [0.717, 1.165) is 12.0 Å². The van der Waals surface area contributed by atoms with E-state index in [0.29, 0.717) is 29.2 Å². The van der Waals surface area contributed by atoms with E-state index in [2.05, 4.69) is 4.72 Å². The molecule has 0 fully saturated rings. The van der Waals surface area contributed by atoms with E-state index in [-0.39, 0.29) is 17.4 Å². The molecule has 2 aromatic carbocycles. The molecule has 0 saturated heterocycles. The Kier molecular flexibility index (Phi) is 5.63. The molecule has 7 heteroatoms. The Morgan fingerprint density at radius 3 is 2.52 bits per heavy atom. The third-order valence-electron chi connectivity index (χ3n) is 4.98. The number of nitrogens with zero attached hydrogens (tertiary/aromatic N) is 1. The molecule has 0 unspecified atom stereocenters. The second-order valence-electron chi connectivity index (χ2n) is 8.19. The molecule has 3 rings (SSSR count). The van der Waals surface area contributed by atoms with Gasteiger partial charge >= 0.3 is 0 Å². The number of aryl methyl sites for hydroxylation is 2. The molecular weight excluding hydrogens is 388 g/mol. The molecule has 1 N–H and O–H groups in total. The van der Waals surface area contributed by atoms with Crippen LogP contribution in [0.2, 0.25) is 0 Å². The summed E-state index contributed by atoms with van der Waals surface area (Å²) < 4.78 is 34.4. The minimum absolute atomic E-state index is 0.0347. The lowest BCUT2D eigenvalue weighted by molar-refractivity contribution is -0.127. The van der Waals surface area contributed by atoms with E-state index in [4.69, 9.17) is 4.74 Å². The molecule has 1 amide bonds. The molecule has 0 spiro atoms. The van der Waals surface area contributed by atoms with E-state index in [1.165, 1.54) is 0 Å². The van der Waals surface area contributed by atoms with Crippen molar-refractivity contribution >= 4 is 27.3 Å². The Morgan fingerprint density at radius 2 is 1.86 bits per heavy atom. The van der Waals surface area contributed by atoms with Gasteiger partial charge in [-0.15, -0.1) is 0 Å². The maximum atomic E-state index is 13.0. The number of hydrogen-bond donors (Lipinski definition) is 1. The Labute approximate surface area is 172 Å². The van der Waals surface area contributed by atoms with Crippen molar-refractivity contribution in [2.45, 2.75) is 45.9 Å². The van der Waals surface area contributed by atoms with E-state index in [1.54, 1.807) is 42.2 Å². The summed E-state index contributed by atoms with van der Waals surface area (Å²) in [6.07, 6.45) is 0.778. The van der Waals surface area contributed by atoms with Crippen molar-refractivity contribution in [1.29, 1.82) is 0 Å². The third-order valence-corrected chi connectivity index (χ3v) is 6.52. The first-order valence-corrected chi connectivity index (χ1v) is 11.2. The molecule has 0 atom stereocenters. The second kappa shape index (κ2) is 7.71. The van der Waals surface area contributed by atoms with Crippen molar-refractivity contribution in [2.24, 2.45) is 5.41 Å². The summed E-state index contributed by atoms with van der Waals surface area (Å²) in [5, 5.41) is 0. The second-order valence-corrected chi connectivity index (χ2v) is 9.84. The highest BCUT2D eigenvalue weighted by Gasteiger charge is 2.37. The van der Waals surface area contributed by atoms with Crippen LogP contribution in [0, 0.1) is 19.3 Å². The van der Waals surface area contributed by atoms with Gasteiger partial charge in [-0.2, -0.15) is 0 Å². The number of rotatable bonds is 5. The van der Waals surface area contributed by atoms with Gasteiger partial charge in [0.05, 0.1) is 21.7 Å². The van der Waals surface area contributed by atoms with Gasteiger partial charge in [-0.05, 0) is 63.9 Å². The molecule has 0 aliphatic carbocycles. The first-order valence-electron chi connectivity index (χ1n) is 9.74. The highest BCUT2D eigenvalue weighted by molar-refractivity contribution is 7.92. The maximum Gasteiger partial charge on any atom is 0.262 e. The van der Waals surface area contributed by atoms with E-state index < -0.39 is 15.4 Å².